The Morgan fingerprint density at radius 1 is 0.828 bits per heavy atom. The fourth-order valence-corrected chi connectivity index (χ4v) is 3.70. The van der Waals surface area contributed by atoms with E-state index in [4.69, 9.17) is 0 Å². The minimum absolute atomic E-state index is 0.123. The maximum absolute atomic E-state index is 12.6. The number of nitrogens with zero attached hydrogens (tertiary/aromatic N) is 1. The number of aromatic amines is 2. The Labute approximate surface area is 167 Å². The number of para-hydroxylation sites is 3. The molecule has 0 saturated heterocycles. The zero-order valence-corrected chi connectivity index (χ0v) is 15.7. The monoisotopic (exact) mass is 377 g/mol. The first-order chi connectivity index (χ1) is 14.3. The maximum atomic E-state index is 12.6. The van der Waals surface area contributed by atoms with Gasteiger partial charge in [-0.05, 0) is 41.8 Å². The first-order valence-corrected chi connectivity index (χ1v) is 9.60. The first kappa shape index (κ1) is 17.2. The van der Waals surface area contributed by atoms with E-state index < -0.39 is 0 Å². The molecule has 0 radical (unpaired) electrons. The highest BCUT2D eigenvalue weighted by Crippen LogP contribution is 2.30. The molecule has 0 aliphatic heterocycles. The van der Waals surface area contributed by atoms with Crippen molar-refractivity contribution in [1.29, 1.82) is 0 Å². The number of imidazole rings is 1. The molecule has 0 bridgehead atoms. The van der Waals surface area contributed by atoms with E-state index in [2.05, 4.69) is 39.2 Å². The normalized spacial score (nSPS) is 11.6. The summed E-state index contributed by atoms with van der Waals surface area (Å²) in [4.78, 5) is 23.6. The minimum atomic E-state index is -0.123. The molecule has 3 aromatic carbocycles. The highest BCUT2D eigenvalue weighted by Gasteiger charge is 2.12. The Kier molecular flexibility index (Phi) is 4.30. The highest BCUT2D eigenvalue weighted by molar-refractivity contribution is 6.03. The molecule has 0 spiro atoms. The lowest BCUT2D eigenvalue weighted by atomic mass is 10.0. The second kappa shape index (κ2) is 7.24. The third-order valence-corrected chi connectivity index (χ3v) is 5.09. The van der Waals surface area contributed by atoms with Crippen LogP contribution in [0.5, 0.6) is 0 Å². The molecule has 29 heavy (non-hydrogen) atoms. The Morgan fingerprint density at radius 3 is 2.38 bits per heavy atom. The van der Waals surface area contributed by atoms with Crippen LogP contribution in [0.15, 0.2) is 91.0 Å². The third-order valence-electron chi connectivity index (χ3n) is 5.09. The van der Waals surface area contributed by atoms with Crippen molar-refractivity contribution in [2.24, 2.45) is 0 Å². The number of hydrogen-bond donors (Lipinski definition) is 2. The standard InChI is InChI=1S/C25H19N3O/c29-23(25-27-21-14-6-7-15-22(21)28-25)16-8-12-19-18-11-4-5-13-20(18)26-24(19)17-9-2-1-3-10-17/h1-11,13-16,26H,12H2,(H,27,28)/b16-8-. The maximum Gasteiger partial charge on any atom is 0.220 e. The number of rotatable bonds is 5. The number of aromatic nitrogens is 3. The van der Waals surface area contributed by atoms with Crippen LogP contribution in [-0.4, -0.2) is 20.7 Å². The Bertz CT molecular complexity index is 1310. The molecular formula is C25H19N3O. The zero-order valence-electron chi connectivity index (χ0n) is 15.7. The molecule has 0 atom stereocenters. The molecule has 0 aliphatic rings. The van der Waals surface area contributed by atoms with Crippen molar-refractivity contribution in [3.05, 3.63) is 102 Å². The van der Waals surface area contributed by atoms with Crippen LogP contribution in [0.1, 0.15) is 16.2 Å². The van der Waals surface area contributed by atoms with Gasteiger partial charge in [-0.1, -0.05) is 66.7 Å². The van der Waals surface area contributed by atoms with Crippen molar-refractivity contribution in [1.82, 2.24) is 15.0 Å². The van der Waals surface area contributed by atoms with Gasteiger partial charge in [0.2, 0.25) is 5.78 Å². The van der Waals surface area contributed by atoms with Crippen molar-refractivity contribution in [2.45, 2.75) is 6.42 Å². The summed E-state index contributed by atoms with van der Waals surface area (Å²) in [6.45, 7) is 0. The average Bonchev–Trinajstić information content (AvgIpc) is 3.36. The second-order valence-electron chi connectivity index (χ2n) is 6.96. The summed E-state index contributed by atoms with van der Waals surface area (Å²) < 4.78 is 0. The van der Waals surface area contributed by atoms with Gasteiger partial charge in [-0.3, -0.25) is 4.79 Å². The number of benzene rings is 3. The van der Waals surface area contributed by atoms with E-state index in [9.17, 15) is 4.79 Å². The van der Waals surface area contributed by atoms with Gasteiger partial charge in [-0.25, -0.2) is 4.98 Å². The molecule has 2 N–H and O–H groups in total. The van der Waals surface area contributed by atoms with Gasteiger partial charge >= 0.3 is 0 Å². The van der Waals surface area contributed by atoms with Crippen LogP contribution in [0.4, 0.5) is 0 Å². The molecule has 0 unspecified atom stereocenters. The van der Waals surface area contributed by atoms with Crippen molar-refractivity contribution in [3.63, 3.8) is 0 Å². The minimum Gasteiger partial charge on any atom is -0.354 e. The van der Waals surface area contributed by atoms with E-state index in [1.165, 1.54) is 10.9 Å². The van der Waals surface area contributed by atoms with Gasteiger partial charge in [0.25, 0.3) is 0 Å². The van der Waals surface area contributed by atoms with E-state index in [0.717, 1.165) is 27.8 Å². The van der Waals surface area contributed by atoms with Crippen LogP contribution in [0.25, 0.3) is 33.2 Å². The second-order valence-corrected chi connectivity index (χ2v) is 6.96. The van der Waals surface area contributed by atoms with Crippen LogP contribution >= 0.6 is 0 Å². The molecular weight excluding hydrogens is 358 g/mol. The zero-order chi connectivity index (χ0) is 19.6. The van der Waals surface area contributed by atoms with Gasteiger partial charge in [-0.15, -0.1) is 0 Å². The summed E-state index contributed by atoms with van der Waals surface area (Å²) in [7, 11) is 0. The average molecular weight is 377 g/mol. The third kappa shape index (κ3) is 3.25. The summed E-state index contributed by atoms with van der Waals surface area (Å²) in [5.74, 6) is 0.243. The molecule has 5 aromatic rings. The number of carbonyl (C=O) groups is 1. The molecule has 5 rings (SSSR count). The van der Waals surface area contributed by atoms with Crippen LogP contribution in [0.2, 0.25) is 0 Å². The molecule has 2 heterocycles. The largest absolute Gasteiger partial charge is 0.354 e. The van der Waals surface area contributed by atoms with Crippen LogP contribution in [-0.2, 0) is 6.42 Å². The number of carbonyl (C=O) groups excluding carboxylic acids is 1. The SMILES string of the molecule is O=C(/C=C\Cc1c(-c2ccccc2)[nH]c2ccccc12)c1nc2ccccc2[nH]1. The smallest absolute Gasteiger partial charge is 0.220 e. The van der Waals surface area contributed by atoms with E-state index in [0.29, 0.717) is 12.2 Å². The molecule has 4 nitrogen and oxygen atoms in total. The number of hydrogen-bond acceptors (Lipinski definition) is 2. The number of ketones is 1. The predicted octanol–water partition coefficient (Wildman–Crippen LogP) is 5.69. The van der Waals surface area contributed by atoms with E-state index in [1.807, 2.05) is 60.7 Å². The molecule has 0 fully saturated rings. The molecule has 140 valence electrons. The van der Waals surface area contributed by atoms with Crippen molar-refractivity contribution in [3.8, 4) is 11.3 Å². The number of H-pyrrole nitrogens is 2. The van der Waals surface area contributed by atoms with Crippen molar-refractivity contribution in [2.75, 3.05) is 0 Å². The fourth-order valence-electron chi connectivity index (χ4n) is 3.70. The van der Waals surface area contributed by atoms with Gasteiger partial charge in [0.05, 0.1) is 16.7 Å². The van der Waals surface area contributed by atoms with Crippen LogP contribution in [0.3, 0.4) is 0 Å². The summed E-state index contributed by atoms with van der Waals surface area (Å²) in [5.41, 5.74) is 6.17. The lowest BCUT2D eigenvalue weighted by molar-refractivity contribution is 0.103. The van der Waals surface area contributed by atoms with Crippen molar-refractivity contribution < 1.29 is 4.79 Å². The summed E-state index contributed by atoms with van der Waals surface area (Å²) >= 11 is 0. The first-order valence-electron chi connectivity index (χ1n) is 9.60. The topological polar surface area (TPSA) is 61.5 Å². The van der Waals surface area contributed by atoms with E-state index in [1.54, 1.807) is 6.08 Å². The highest BCUT2D eigenvalue weighted by atomic mass is 16.1. The number of nitrogens with one attached hydrogen (secondary N) is 2. The predicted molar refractivity (Wildman–Crippen MR) is 117 cm³/mol. The lowest BCUT2D eigenvalue weighted by Gasteiger charge is -2.02. The summed E-state index contributed by atoms with van der Waals surface area (Å²) in [5, 5.41) is 1.17. The lowest BCUT2D eigenvalue weighted by Crippen LogP contribution is -1.97. The quantitative estimate of drug-likeness (QED) is 0.305. The van der Waals surface area contributed by atoms with Crippen LogP contribution < -0.4 is 0 Å². The molecule has 0 amide bonds. The van der Waals surface area contributed by atoms with Gasteiger partial charge < -0.3 is 9.97 Å². The molecule has 0 saturated carbocycles. The number of allylic oxidation sites excluding steroid dienone is 2. The van der Waals surface area contributed by atoms with Gasteiger partial charge in [-0.2, -0.15) is 0 Å². The Balaban J connectivity index is 1.46. The fraction of sp³-hybridized carbons (Fsp3) is 0.0400. The number of fused-ring (bicyclic) bond motifs is 2. The Morgan fingerprint density at radius 2 is 1.55 bits per heavy atom. The van der Waals surface area contributed by atoms with E-state index >= 15 is 0 Å². The van der Waals surface area contributed by atoms with Crippen molar-refractivity contribution >= 4 is 27.7 Å². The molecule has 4 heteroatoms. The summed E-state index contributed by atoms with van der Waals surface area (Å²) in [6.07, 6.45) is 4.17. The summed E-state index contributed by atoms with van der Waals surface area (Å²) in [6, 6.07) is 26.2. The molecule has 0 aliphatic carbocycles. The van der Waals surface area contributed by atoms with Gasteiger partial charge in [0.1, 0.15) is 0 Å². The van der Waals surface area contributed by atoms with Gasteiger partial charge in [0, 0.05) is 10.9 Å². The Hall–Kier alpha value is -3.92. The molecule has 2 aromatic heterocycles. The van der Waals surface area contributed by atoms with Crippen LogP contribution in [0, 0.1) is 0 Å². The van der Waals surface area contributed by atoms with Gasteiger partial charge in [0.15, 0.2) is 5.82 Å². The van der Waals surface area contributed by atoms with E-state index in [-0.39, 0.29) is 5.78 Å².